The molecule has 1 aliphatic rings. The second-order valence-electron chi connectivity index (χ2n) is 3.15. The summed E-state index contributed by atoms with van der Waals surface area (Å²) in [6.45, 7) is 0. The summed E-state index contributed by atoms with van der Waals surface area (Å²) in [7, 11) is 0. The Labute approximate surface area is 95.9 Å². The van der Waals surface area contributed by atoms with Crippen LogP contribution in [-0.2, 0) is 0 Å². The van der Waals surface area contributed by atoms with Gasteiger partial charge >= 0.3 is 5.97 Å². The van der Waals surface area contributed by atoms with E-state index in [9.17, 15) is 9.90 Å². The number of aromatic hydroxyl groups is 1. The topological polar surface area (TPSA) is 57.5 Å². The first-order valence-corrected chi connectivity index (χ1v) is 6.57. The Kier molecular flexibility index (Phi) is 3.11. The number of carboxylic acids is 1. The second kappa shape index (κ2) is 4.37. The van der Waals surface area contributed by atoms with Gasteiger partial charge < -0.3 is 10.2 Å². The van der Waals surface area contributed by atoms with Crippen LogP contribution >= 0.6 is 23.5 Å². The van der Waals surface area contributed by atoms with Crippen molar-refractivity contribution in [2.45, 2.75) is 4.58 Å². The van der Waals surface area contributed by atoms with Crippen LogP contribution in [0.3, 0.4) is 0 Å². The quantitative estimate of drug-likeness (QED) is 0.834. The molecule has 0 saturated carbocycles. The van der Waals surface area contributed by atoms with Crippen LogP contribution in [0.2, 0.25) is 0 Å². The van der Waals surface area contributed by atoms with Crippen molar-refractivity contribution in [2.24, 2.45) is 0 Å². The number of thioether (sulfide) groups is 2. The SMILES string of the molecule is O=C(O)c1ccc(O)c(C2SCCS2)c1. The molecule has 0 bridgehead atoms. The van der Waals surface area contributed by atoms with Crippen LogP contribution in [0.1, 0.15) is 20.5 Å². The summed E-state index contributed by atoms with van der Waals surface area (Å²) in [5.74, 6) is 1.33. The van der Waals surface area contributed by atoms with Crippen LogP contribution in [0, 0.1) is 0 Å². The molecule has 0 unspecified atom stereocenters. The van der Waals surface area contributed by atoms with E-state index in [1.54, 1.807) is 29.6 Å². The summed E-state index contributed by atoms with van der Waals surface area (Å²) < 4.78 is 0.171. The number of hydrogen-bond donors (Lipinski definition) is 2. The molecule has 1 aromatic carbocycles. The number of carbonyl (C=O) groups is 1. The summed E-state index contributed by atoms with van der Waals surface area (Å²) >= 11 is 3.48. The van der Waals surface area contributed by atoms with Crippen molar-refractivity contribution in [1.29, 1.82) is 0 Å². The van der Waals surface area contributed by atoms with E-state index in [0.29, 0.717) is 0 Å². The van der Waals surface area contributed by atoms with Crippen LogP contribution in [0.4, 0.5) is 0 Å². The van der Waals surface area contributed by atoms with E-state index >= 15 is 0 Å². The van der Waals surface area contributed by atoms with Crippen LogP contribution in [0.25, 0.3) is 0 Å². The molecule has 0 radical (unpaired) electrons. The largest absolute Gasteiger partial charge is 0.508 e. The van der Waals surface area contributed by atoms with Crippen molar-refractivity contribution in [3.63, 3.8) is 0 Å². The lowest BCUT2D eigenvalue weighted by Gasteiger charge is -2.10. The van der Waals surface area contributed by atoms with Gasteiger partial charge in [0.2, 0.25) is 0 Å². The third-order valence-electron chi connectivity index (χ3n) is 2.15. The van der Waals surface area contributed by atoms with Gasteiger partial charge in [-0.25, -0.2) is 4.79 Å². The lowest BCUT2D eigenvalue weighted by Crippen LogP contribution is -1.98. The van der Waals surface area contributed by atoms with E-state index in [0.717, 1.165) is 17.1 Å². The minimum atomic E-state index is -0.954. The Bertz CT molecular complexity index is 386. The molecule has 2 rings (SSSR count). The van der Waals surface area contributed by atoms with Gasteiger partial charge in [0, 0.05) is 17.1 Å². The predicted octanol–water partition coefficient (Wildman–Crippen LogP) is 2.57. The Morgan fingerprint density at radius 2 is 2.00 bits per heavy atom. The summed E-state index contributed by atoms with van der Waals surface area (Å²) in [6, 6.07) is 4.44. The van der Waals surface area contributed by atoms with E-state index in [4.69, 9.17) is 5.11 Å². The molecule has 5 heteroatoms. The van der Waals surface area contributed by atoms with Gasteiger partial charge in [-0.2, -0.15) is 0 Å². The monoisotopic (exact) mass is 242 g/mol. The minimum Gasteiger partial charge on any atom is -0.508 e. The fraction of sp³-hybridized carbons (Fsp3) is 0.300. The zero-order chi connectivity index (χ0) is 10.8. The first-order valence-electron chi connectivity index (χ1n) is 4.48. The zero-order valence-corrected chi connectivity index (χ0v) is 9.48. The zero-order valence-electron chi connectivity index (χ0n) is 7.84. The van der Waals surface area contributed by atoms with Crippen molar-refractivity contribution in [1.82, 2.24) is 0 Å². The van der Waals surface area contributed by atoms with Gasteiger partial charge in [0.05, 0.1) is 10.1 Å². The lowest BCUT2D eigenvalue weighted by molar-refractivity contribution is 0.0697. The summed E-state index contributed by atoms with van der Waals surface area (Å²) in [5, 5.41) is 18.5. The van der Waals surface area contributed by atoms with E-state index < -0.39 is 5.97 Å². The second-order valence-corrected chi connectivity index (χ2v) is 5.88. The highest BCUT2D eigenvalue weighted by atomic mass is 32.2. The third kappa shape index (κ3) is 2.23. The molecule has 1 saturated heterocycles. The molecular formula is C10H10O3S2. The standard InChI is InChI=1S/C10H10O3S2/c11-8-2-1-6(9(12)13)5-7(8)10-14-3-4-15-10/h1-2,5,10-11H,3-4H2,(H,12,13). The molecule has 1 heterocycles. The predicted molar refractivity (Wildman–Crippen MR) is 62.7 cm³/mol. The van der Waals surface area contributed by atoms with Crippen LogP contribution in [-0.4, -0.2) is 27.7 Å². The molecule has 0 amide bonds. The van der Waals surface area contributed by atoms with Crippen LogP contribution in [0.15, 0.2) is 18.2 Å². The average Bonchev–Trinajstić information content (AvgIpc) is 2.71. The number of phenolic OH excluding ortho intramolecular Hbond substituents is 1. The number of benzene rings is 1. The normalized spacial score (nSPS) is 16.8. The Balaban J connectivity index is 2.35. The molecule has 0 spiro atoms. The number of rotatable bonds is 2. The van der Waals surface area contributed by atoms with Crippen molar-refractivity contribution in [3.05, 3.63) is 29.3 Å². The smallest absolute Gasteiger partial charge is 0.335 e. The number of hydrogen-bond acceptors (Lipinski definition) is 4. The molecule has 2 N–H and O–H groups in total. The van der Waals surface area contributed by atoms with Crippen molar-refractivity contribution in [2.75, 3.05) is 11.5 Å². The number of aromatic carboxylic acids is 1. The molecule has 1 aliphatic heterocycles. The van der Waals surface area contributed by atoms with Gasteiger partial charge in [0.25, 0.3) is 0 Å². The maximum absolute atomic E-state index is 10.8. The van der Waals surface area contributed by atoms with Gasteiger partial charge in [-0.05, 0) is 18.2 Å². The van der Waals surface area contributed by atoms with Crippen molar-refractivity contribution < 1.29 is 15.0 Å². The fourth-order valence-corrected chi connectivity index (χ4v) is 4.31. The summed E-state index contributed by atoms with van der Waals surface area (Å²) in [5.41, 5.74) is 0.957. The minimum absolute atomic E-state index is 0.171. The highest BCUT2D eigenvalue weighted by molar-refractivity contribution is 8.19. The van der Waals surface area contributed by atoms with Gasteiger partial charge in [-0.15, -0.1) is 23.5 Å². The summed E-state index contributed by atoms with van der Waals surface area (Å²) in [4.78, 5) is 10.8. The van der Waals surface area contributed by atoms with E-state index in [1.807, 2.05) is 0 Å². The number of carboxylic acid groups (broad SMARTS) is 1. The molecule has 80 valence electrons. The molecule has 15 heavy (non-hydrogen) atoms. The Morgan fingerprint density at radius 3 is 2.60 bits per heavy atom. The van der Waals surface area contributed by atoms with Crippen molar-refractivity contribution in [3.8, 4) is 5.75 Å². The maximum Gasteiger partial charge on any atom is 0.335 e. The van der Waals surface area contributed by atoms with E-state index in [1.165, 1.54) is 12.1 Å². The highest BCUT2D eigenvalue weighted by Gasteiger charge is 2.22. The molecule has 1 fully saturated rings. The van der Waals surface area contributed by atoms with Crippen LogP contribution in [0.5, 0.6) is 5.75 Å². The number of phenols is 1. The Hall–Kier alpha value is -0.810. The molecule has 0 aromatic heterocycles. The van der Waals surface area contributed by atoms with E-state index in [-0.39, 0.29) is 15.9 Å². The van der Waals surface area contributed by atoms with Gasteiger partial charge in [-0.1, -0.05) is 0 Å². The van der Waals surface area contributed by atoms with E-state index in [2.05, 4.69) is 0 Å². The van der Waals surface area contributed by atoms with Gasteiger partial charge in [-0.3, -0.25) is 0 Å². The van der Waals surface area contributed by atoms with Crippen LogP contribution < -0.4 is 0 Å². The maximum atomic E-state index is 10.8. The first-order chi connectivity index (χ1) is 7.18. The van der Waals surface area contributed by atoms with Gasteiger partial charge in [0.15, 0.2) is 0 Å². The molecular weight excluding hydrogens is 232 g/mol. The fourth-order valence-electron chi connectivity index (χ4n) is 1.41. The van der Waals surface area contributed by atoms with Crippen molar-refractivity contribution >= 4 is 29.5 Å². The molecule has 3 nitrogen and oxygen atoms in total. The summed E-state index contributed by atoms with van der Waals surface area (Å²) in [6.07, 6.45) is 0. The highest BCUT2D eigenvalue weighted by Crippen LogP contribution is 2.48. The average molecular weight is 242 g/mol. The van der Waals surface area contributed by atoms with Gasteiger partial charge in [0.1, 0.15) is 5.75 Å². The molecule has 0 aliphatic carbocycles. The third-order valence-corrected chi connectivity index (χ3v) is 5.22. The Morgan fingerprint density at radius 1 is 1.33 bits per heavy atom. The lowest BCUT2D eigenvalue weighted by atomic mass is 10.1. The molecule has 0 atom stereocenters. The molecule has 1 aromatic rings. The first kappa shape index (κ1) is 10.7.